The molecule has 2 aromatic carbocycles. The number of ether oxygens (including phenoxy) is 1. The molecule has 0 saturated carbocycles. The molecule has 1 aliphatic carbocycles. The van der Waals surface area contributed by atoms with Crippen LogP contribution in [0.3, 0.4) is 0 Å². The molecular weight excluding hydrogens is 559 g/mol. The number of allylic oxidation sites excluding steroid dienone is 1. The predicted molar refractivity (Wildman–Crippen MR) is 147 cm³/mol. The Hall–Kier alpha value is -4.65. The summed E-state index contributed by atoms with van der Waals surface area (Å²) >= 11 is 0. The maximum Gasteiger partial charge on any atom is 0.232 e. The van der Waals surface area contributed by atoms with Crippen LogP contribution in [0.4, 0.5) is 24.7 Å². The highest BCUT2D eigenvalue weighted by molar-refractivity contribution is 7.92. The number of nitrogens with two attached hydrogens (primary N) is 1. The number of nitrogens with zero attached hydrogens (tertiary/aromatic N) is 4. The number of nitrogen functional groups attached to an aromatic ring is 1. The fraction of sp³-hybridized carbons (Fsp3) is 0.179. The third-order valence-electron chi connectivity index (χ3n) is 6.63. The van der Waals surface area contributed by atoms with E-state index in [1.54, 1.807) is 19.9 Å². The molecule has 4 aromatic rings. The first-order chi connectivity index (χ1) is 19.4. The number of aromatic nitrogens is 3. The van der Waals surface area contributed by atoms with Crippen molar-refractivity contribution in [1.82, 2.24) is 14.8 Å². The molecule has 0 spiro atoms. The summed E-state index contributed by atoms with van der Waals surface area (Å²) in [7, 11) is -3.70. The van der Waals surface area contributed by atoms with Crippen molar-refractivity contribution >= 4 is 33.4 Å². The minimum atomic E-state index is -3.70. The number of rotatable bonds is 8. The van der Waals surface area contributed by atoms with E-state index in [9.17, 15) is 26.4 Å². The number of anilines is 2. The van der Waals surface area contributed by atoms with Gasteiger partial charge in [-0.25, -0.2) is 31.3 Å². The van der Waals surface area contributed by atoms with Crippen molar-refractivity contribution in [2.75, 3.05) is 22.8 Å². The monoisotopic (exact) mass is 583 g/mol. The van der Waals surface area contributed by atoms with Crippen LogP contribution in [0.1, 0.15) is 34.0 Å². The maximum absolute atomic E-state index is 14.8. The normalized spacial score (nSPS) is 12.7. The van der Waals surface area contributed by atoms with Crippen molar-refractivity contribution in [1.29, 1.82) is 0 Å². The van der Waals surface area contributed by atoms with E-state index in [0.29, 0.717) is 28.0 Å². The van der Waals surface area contributed by atoms with E-state index in [1.165, 1.54) is 41.3 Å². The number of hydrogen-bond donors (Lipinski definition) is 1. The second kappa shape index (κ2) is 10.4. The summed E-state index contributed by atoms with van der Waals surface area (Å²) in [6.07, 6.45) is 5.33. The maximum atomic E-state index is 14.8. The van der Waals surface area contributed by atoms with Gasteiger partial charge in [0.1, 0.15) is 11.6 Å². The van der Waals surface area contributed by atoms with Crippen LogP contribution in [0.2, 0.25) is 0 Å². The second-order valence-corrected chi connectivity index (χ2v) is 11.3. The van der Waals surface area contributed by atoms with Gasteiger partial charge in [-0.3, -0.25) is 9.10 Å². The number of carbonyl (C=O) groups is 1. The number of aryl methyl sites for hydroxylation is 1. The minimum absolute atomic E-state index is 0.0201. The van der Waals surface area contributed by atoms with Gasteiger partial charge in [0.15, 0.2) is 17.4 Å². The smallest absolute Gasteiger partial charge is 0.232 e. The Morgan fingerprint density at radius 2 is 1.83 bits per heavy atom. The summed E-state index contributed by atoms with van der Waals surface area (Å²) in [5.41, 5.74) is 8.64. The van der Waals surface area contributed by atoms with Crippen LogP contribution in [-0.2, 0) is 16.4 Å². The Morgan fingerprint density at radius 3 is 2.46 bits per heavy atom. The molecule has 2 N–H and O–H groups in total. The Balaban J connectivity index is 1.39. The lowest BCUT2D eigenvalue weighted by molar-refractivity contribution is 0.103. The predicted octanol–water partition coefficient (Wildman–Crippen LogP) is 4.98. The molecule has 0 amide bonds. The van der Waals surface area contributed by atoms with Crippen LogP contribution in [-0.4, -0.2) is 41.8 Å². The average Bonchev–Trinajstić information content (AvgIpc) is 3.49. The Kier molecular flexibility index (Phi) is 7.07. The first kappa shape index (κ1) is 27.9. The fourth-order valence-electron chi connectivity index (χ4n) is 4.66. The van der Waals surface area contributed by atoms with Crippen LogP contribution in [0, 0.1) is 24.4 Å². The highest BCUT2D eigenvalue weighted by atomic mass is 32.2. The zero-order valence-corrected chi connectivity index (χ0v) is 23.0. The molecule has 41 heavy (non-hydrogen) atoms. The number of fused-ring (bicyclic) bond motifs is 1. The highest BCUT2D eigenvalue weighted by Gasteiger charge is 2.27. The summed E-state index contributed by atoms with van der Waals surface area (Å²) in [6, 6.07) is 7.43. The van der Waals surface area contributed by atoms with Gasteiger partial charge >= 0.3 is 0 Å². The number of ketones is 1. The number of hydrogen-bond acceptors (Lipinski definition) is 7. The molecule has 5 rings (SSSR count). The fourth-order valence-corrected chi connectivity index (χ4v) is 5.62. The van der Waals surface area contributed by atoms with Gasteiger partial charge in [0.25, 0.3) is 0 Å². The topological polar surface area (TPSA) is 120 Å². The lowest BCUT2D eigenvalue weighted by atomic mass is 10.0. The van der Waals surface area contributed by atoms with Gasteiger partial charge < -0.3 is 10.5 Å². The van der Waals surface area contributed by atoms with Crippen molar-refractivity contribution < 1.29 is 31.1 Å². The summed E-state index contributed by atoms with van der Waals surface area (Å²) in [5.74, 6) is -3.54. The van der Waals surface area contributed by atoms with Gasteiger partial charge in [-0.05, 0) is 60.9 Å². The van der Waals surface area contributed by atoms with Gasteiger partial charge in [-0.15, -0.1) is 0 Å². The van der Waals surface area contributed by atoms with Gasteiger partial charge in [0.05, 0.1) is 35.6 Å². The summed E-state index contributed by atoms with van der Waals surface area (Å²) in [5, 5.41) is 4.23. The molecule has 13 heteroatoms. The summed E-state index contributed by atoms with van der Waals surface area (Å²) in [4.78, 5) is 17.5. The lowest BCUT2D eigenvalue weighted by Crippen LogP contribution is -2.30. The first-order valence-corrected chi connectivity index (χ1v) is 14.2. The van der Waals surface area contributed by atoms with Crippen LogP contribution in [0.5, 0.6) is 11.6 Å². The van der Waals surface area contributed by atoms with Crippen LogP contribution < -0.4 is 14.8 Å². The van der Waals surface area contributed by atoms with Crippen molar-refractivity contribution in [3.05, 3.63) is 94.1 Å². The third-order valence-corrected chi connectivity index (χ3v) is 7.89. The quantitative estimate of drug-likeness (QED) is 0.291. The number of benzene rings is 2. The zero-order valence-electron chi connectivity index (χ0n) is 22.2. The Labute approximate surface area is 233 Å². The van der Waals surface area contributed by atoms with E-state index in [-0.39, 0.29) is 35.9 Å². The third kappa shape index (κ3) is 5.15. The van der Waals surface area contributed by atoms with Gasteiger partial charge in [0, 0.05) is 24.6 Å². The number of Topliss-reactive ketones (excluding diaryl/α,β-unsaturated/α-hetero) is 1. The molecule has 2 heterocycles. The van der Waals surface area contributed by atoms with Crippen LogP contribution in [0.25, 0.3) is 11.8 Å². The number of pyridine rings is 1. The molecule has 0 unspecified atom stereocenters. The largest absolute Gasteiger partial charge is 0.433 e. The van der Waals surface area contributed by atoms with E-state index in [1.807, 2.05) is 0 Å². The summed E-state index contributed by atoms with van der Waals surface area (Å²) < 4.78 is 74.5. The van der Waals surface area contributed by atoms with Crippen molar-refractivity contribution in [2.24, 2.45) is 0 Å². The zero-order chi connectivity index (χ0) is 29.6. The van der Waals surface area contributed by atoms with E-state index >= 15 is 0 Å². The van der Waals surface area contributed by atoms with E-state index < -0.39 is 39.0 Å². The molecule has 0 aliphatic heterocycles. The van der Waals surface area contributed by atoms with Crippen LogP contribution >= 0.6 is 0 Å². The van der Waals surface area contributed by atoms with E-state index in [4.69, 9.17) is 10.5 Å². The number of halogens is 3. The number of carbonyl (C=O) groups excluding carboxylic acids is 1. The molecule has 0 fully saturated rings. The highest BCUT2D eigenvalue weighted by Crippen LogP contribution is 2.35. The standard InChI is InChI=1S/C28H24F3N5O4S/c1-4-35(41(3,38)39)23-12-17-10-18(9-16(17)11-22(23)31)26(37)19-13-34-36(28(19)32)24-14-33-25(8-15(24)2)40-27-20(29)6-5-7-21(27)30/h5-9,11-14H,4,10,32H2,1-3H3. The molecule has 1 aliphatic rings. The molecular formula is C28H24F3N5O4S. The van der Waals surface area contributed by atoms with Crippen molar-refractivity contribution in [3.63, 3.8) is 0 Å². The molecule has 0 bridgehead atoms. The summed E-state index contributed by atoms with van der Waals surface area (Å²) in [6.45, 7) is 3.33. The molecule has 212 valence electrons. The first-order valence-electron chi connectivity index (χ1n) is 12.4. The van der Waals surface area contributed by atoms with Gasteiger partial charge in [0.2, 0.25) is 21.7 Å². The second-order valence-electron chi connectivity index (χ2n) is 9.42. The van der Waals surface area contributed by atoms with Crippen LogP contribution in [0.15, 0.2) is 54.4 Å². The lowest BCUT2D eigenvalue weighted by Gasteiger charge is -2.21. The van der Waals surface area contributed by atoms with E-state index in [0.717, 1.165) is 22.7 Å². The van der Waals surface area contributed by atoms with Gasteiger partial charge in [-0.1, -0.05) is 6.07 Å². The SMILES string of the molecule is CCN(c1cc2c(cc1F)C=C(C(=O)c1cnn(-c3cnc(Oc4c(F)cccc4F)cc3C)c1N)C2)S(C)(=O)=O. The van der Waals surface area contributed by atoms with Crippen molar-refractivity contribution in [2.45, 2.75) is 20.3 Å². The molecule has 0 saturated heterocycles. The molecule has 0 radical (unpaired) electrons. The molecule has 9 nitrogen and oxygen atoms in total. The Bertz CT molecular complexity index is 1830. The Morgan fingerprint density at radius 1 is 1.12 bits per heavy atom. The minimum Gasteiger partial charge on any atom is -0.433 e. The number of para-hydroxylation sites is 1. The average molecular weight is 584 g/mol. The van der Waals surface area contributed by atoms with E-state index in [2.05, 4.69) is 10.1 Å². The van der Waals surface area contributed by atoms with Crippen molar-refractivity contribution in [3.8, 4) is 17.3 Å². The molecule has 0 atom stereocenters. The molecule has 2 aromatic heterocycles. The van der Waals surface area contributed by atoms with Gasteiger partial charge in [-0.2, -0.15) is 5.10 Å². The number of sulfonamides is 1.